The molecule has 3 aliphatic rings. The maximum absolute atomic E-state index is 10.2. The van der Waals surface area contributed by atoms with E-state index in [0.29, 0.717) is 12.2 Å². The molecule has 7 heteroatoms. The van der Waals surface area contributed by atoms with E-state index >= 15 is 0 Å². The number of nitriles is 3. The SMILES string of the molecule is CCCN1CC=C2C(C#N)=C(N)C(C#N)(C#N)C3(CCN(CC)CC3)C2C1.CCCO. The third-order valence-corrected chi connectivity index (χ3v) is 7.17. The average Bonchev–Trinajstić information content (AvgIpc) is 2.81. The summed E-state index contributed by atoms with van der Waals surface area (Å²) >= 11 is 0. The van der Waals surface area contributed by atoms with Crippen LogP contribution in [0, 0.1) is 50.7 Å². The van der Waals surface area contributed by atoms with Crippen LogP contribution in [0.3, 0.4) is 0 Å². The zero-order valence-electron chi connectivity index (χ0n) is 19.2. The maximum Gasteiger partial charge on any atom is 0.190 e. The number of aliphatic hydroxyl groups is 1. The van der Waals surface area contributed by atoms with E-state index < -0.39 is 10.8 Å². The molecule has 0 amide bonds. The molecule has 0 bridgehead atoms. The number of nitrogens with zero attached hydrogens (tertiary/aromatic N) is 5. The zero-order valence-corrected chi connectivity index (χ0v) is 19.2. The van der Waals surface area contributed by atoms with E-state index in [1.165, 1.54) is 0 Å². The molecule has 31 heavy (non-hydrogen) atoms. The van der Waals surface area contributed by atoms with Gasteiger partial charge in [0, 0.05) is 31.0 Å². The first kappa shape index (κ1) is 24.9. The van der Waals surface area contributed by atoms with Crippen molar-refractivity contribution in [1.82, 2.24) is 9.80 Å². The van der Waals surface area contributed by atoms with Gasteiger partial charge in [0.15, 0.2) is 5.41 Å². The van der Waals surface area contributed by atoms with E-state index in [9.17, 15) is 15.8 Å². The summed E-state index contributed by atoms with van der Waals surface area (Å²) < 4.78 is 0. The molecule has 0 radical (unpaired) electrons. The van der Waals surface area contributed by atoms with Gasteiger partial charge in [-0.3, -0.25) is 4.90 Å². The second kappa shape index (κ2) is 10.8. The van der Waals surface area contributed by atoms with Gasteiger partial charge in [0.2, 0.25) is 0 Å². The Hall–Kier alpha value is -2.37. The number of likely N-dealkylation sites (tertiary alicyclic amines) is 1. The van der Waals surface area contributed by atoms with Gasteiger partial charge in [0.1, 0.15) is 6.07 Å². The highest BCUT2D eigenvalue weighted by molar-refractivity contribution is 5.58. The number of allylic oxidation sites excluding steroid dienone is 2. The minimum absolute atomic E-state index is 0.00180. The molecule has 0 aromatic carbocycles. The molecule has 0 saturated carbocycles. The number of rotatable bonds is 4. The van der Waals surface area contributed by atoms with E-state index in [1.54, 1.807) is 0 Å². The predicted molar refractivity (Wildman–Crippen MR) is 120 cm³/mol. The quantitative estimate of drug-likeness (QED) is 0.710. The number of fused-ring (bicyclic) bond motifs is 2. The molecule has 1 unspecified atom stereocenters. The predicted octanol–water partition coefficient (Wildman–Crippen LogP) is 2.53. The Morgan fingerprint density at radius 2 is 1.71 bits per heavy atom. The topological polar surface area (TPSA) is 124 Å². The summed E-state index contributed by atoms with van der Waals surface area (Å²) in [5.41, 5.74) is 5.94. The van der Waals surface area contributed by atoms with Crippen LogP contribution in [0.5, 0.6) is 0 Å². The molecular formula is C24H36N6O. The molecule has 2 aliphatic heterocycles. The van der Waals surface area contributed by atoms with Crippen LogP contribution in [0.4, 0.5) is 0 Å². The summed E-state index contributed by atoms with van der Waals surface area (Å²) in [7, 11) is 0. The van der Waals surface area contributed by atoms with Crippen LogP contribution in [-0.4, -0.2) is 60.8 Å². The average molecular weight is 425 g/mol. The number of piperidine rings is 1. The van der Waals surface area contributed by atoms with Crippen molar-refractivity contribution in [3.63, 3.8) is 0 Å². The summed E-state index contributed by atoms with van der Waals surface area (Å²) in [4.78, 5) is 4.73. The summed E-state index contributed by atoms with van der Waals surface area (Å²) in [6, 6.07) is 6.81. The standard InChI is InChI=1S/C21H28N6.C3H8O/c1-3-8-27-9-5-16-17(12-22)19(25)21(14-23,15-24)20(18(16)13-27)6-10-26(4-2)11-7-20;1-2-3-4/h5,18H,3-4,6-11,13,25H2,1-2H3;4H,2-3H2,1H3. The Kier molecular flexibility index (Phi) is 8.66. The van der Waals surface area contributed by atoms with Crippen LogP contribution in [0.15, 0.2) is 22.9 Å². The molecule has 1 saturated heterocycles. The first-order valence-corrected chi connectivity index (χ1v) is 11.4. The van der Waals surface area contributed by atoms with E-state index in [2.05, 4.69) is 47.9 Å². The molecule has 1 aliphatic carbocycles. The van der Waals surface area contributed by atoms with Gasteiger partial charge < -0.3 is 15.7 Å². The molecule has 3 rings (SSSR count). The Labute approximate surface area is 187 Å². The highest BCUT2D eigenvalue weighted by Gasteiger charge is 2.64. The van der Waals surface area contributed by atoms with E-state index in [1.807, 2.05) is 6.92 Å². The largest absolute Gasteiger partial charge is 0.399 e. The Bertz CT molecular complexity index is 800. The Balaban J connectivity index is 0.000000785. The van der Waals surface area contributed by atoms with Gasteiger partial charge in [-0.1, -0.05) is 26.8 Å². The minimum Gasteiger partial charge on any atom is -0.399 e. The minimum atomic E-state index is -1.44. The van der Waals surface area contributed by atoms with Gasteiger partial charge in [-0.15, -0.1) is 0 Å². The normalized spacial score (nSPS) is 24.7. The van der Waals surface area contributed by atoms with Gasteiger partial charge in [-0.2, -0.15) is 15.8 Å². The smallest absolute Gasteiger partial charge is 0.190 e. The van der Waals surface area contributed by atoms with Crippen molar-refractivity contribution in [1.29, 1.82) is 15.8 Å². The van der Waals surface area contributed by atoms with Crippen LogP contribution >= 0.6 is 0 Å². The first-order valence-electron chi connectivity index (χ1n) is 11.4. The van der Waals surface area contributed by atoms with Gasteiger partial charge in [-0.05, 0) is 57.4 Å². The van der Waals surface area contributed by atoms with Crippen molar-refractivity contribution < 1.29 is 5.11 Å². The molecule has 3 N–H and O–H groups in total. The fourth-order valence-corrected chi connectivity index (χ4v) is 5.41. The van der Waals surface area contributed by atoms with Gasteiger partial charge in [-0.25, -0.2) is 0 Å². The second-order valence-corrected chi connectivity index (χ2v) is 8.66. The number of nitrogens with two attached hydrogens (primary N) is 1. The van der Waals surface area contributed by atoms with Crippen molar-refractivity contribution in [3.8, 4) is 18.2 Å². The molecule has 1 fully saturated rings. The third-order valence-electron chi connectivity index (χ3n) is 7.17. The van der Waals surface area contributed by atoms with Crippen LogP contribution in [0.25, 0.3) is 0 Å². The van der Waals surface area contributed by atoms with Gasteiger partial charge >= 0.3 is 0 Å². The molecular weight excluding hydrogens is 388 g/mol. The van der Waals surface area contributed by atoms with E-state index in [-0.39, 0.29) is 11.6 Å². The van der Waals surface area contributed by atoms with Crippen molar-refractivity contribution in [2.75, 3.05) is 45.9 Å². The Morgan fingerprint density at radius 1 is 1.10 bits per heavy atom. The van der Waals surface area contributed by atoms with Crippen LogP contribution < -0.4 is 5.73 Å². The Morgan fingerprint density at radius 3 is 2.16 bits per heavy atom. The van der Waals surface area contributed by atoms with Crippen molar-refractivity contribution in [3.05, 3.63) is 22.9 Å². The highest BCUT2D eigenvalue weighted by Crippen LogP contribution is 2.61. The lowest BCUT2D eigenvalue weighted by molar-refractivity contribution is -0.00936. The highest BCUT2D eigenvalue weighted by atomic mass is 16.2. The fourth-order valence-electron chi connectivity index (χ4n) is 5.41. The molecule has 1 atom stereocenters. The third kappa shape index (κ3) is 4.21. The molecule has 7 nitrogen and oxygen atoms in total. The second-order valence-electron chi connectivity index (χ2n) is 8.66. The monoisotopic (exact) mass is 424 g/mol. The van der Waals surface area contributed by atoms with Crippen molar-refractivity contribution >= 4 is 0 Å². The fraction of sp³-hybridized carbons (Fsp3) is 0.708. The lowest BCUT2D eigenvalue weighted by Crippen LogP contribution is -2.60. The summed E-state index contributed by atoms with van der Waals surface area (Å²) in [6.45, 7) is 11.8. The van der Waals surface area contributed by atoms with Crippen LogP contribution in [0.2, 0.25) is 0 Å². The van der Waals surface area contributed by atoms with E-state index in [0.717, 1.165) is 70.5 Å². The summed E-state index contributed by atoms with van der Waals surface area (Å²) in [5.74, 6) is -0.00180. The van der Waals surface area contributed by atoms with Crippen molar-refractivity contribution in [2.45, 2.75) is 46.5 Å². The molecule has 1 spiro atoms. The number of hydrogen-bond donors (Lipinski definition) is 2. The molecule has 0 aromatic heterocycles. The lowest BCUT2D eigenvalue weighted by atomic mass is 9.47. The van der Waals surface area contributed by atoms with Crippen LogP contribution in [0.1, 0.15) is 46.5 Å². The summed E-state index contributed by atoms with van der Waals surface area (Å²) in [5, 5.41) is 38.0. The van der Waals surface area contributed by atoms with E-state index in [4.69, 9.17) is 10.8 Å². The zero-order chi connectivity index (χ0) is 23.1. The number of hydrogen-bond acceptors (Lipinski definition) is 7. The summed E-state index contributed by atoms with van der Waals surface area (Å²) in [6.07, 6.45) is 5.55. The van der Waals surface area contributed by atoms with Gasteiger partial charge in [0.25, 0.3) is 0 Å². The number of aliphatic hydroxyl groups excluding tert-OH is 1. The van der Waals surface area contributed by atoms with Gasteiger partial charge in [0.05, 0.1) is 23.4 Å². The van der Waals surface area contributed by atoms with Crippen molar-refractivity contribution in [2.24, 2.45) is 22.5 Å². The molecule has 2 heterocycles. The maximum atomic E-state index is 10.2. The molecule has 168 valence electrons. The lowest BCUT2D eigenvalue weighted by Gasteiger charge is -2.57. The first-order chi connectivity index (χ1) is 14.9. The molecule has 0 aromatic rings. The van der Waals surface area contributed by atoms with Crippen LogP contribution in [-0.2, 0) is 0 Å².